The lowest BCUT2D eigenvalue weighted by molar-refractivity contribution is 0.0930. The van der Waals surface area contributed by atoms with E-state index in [1.165, 1.54) is 12.4 Å². The zero-order chi connectivity index (χ0) is 14.5. The molecule has 0 spiro atoms. The molecule has 1 atom stereocenters. The van der Waals surface area contributed by atoms with Crippen LogP contribution in [0.2, 0.25) is 10.2 Å². The molecule has 1 unspecified atom stereocenters. The maximum absolute atomic E-state index is 12.1. The number of benzene rings is 1. The normalized spacial score (nSPS) is 11.9. The number of nitrogens with one attached hydrogen (secondary N) is 1. The molecule has 4 nitrogen and oxygen atoms in total. The summed E-state index contributed by atoms with van der Waals surface area (Å²) < 4.78 is 0. The molecule has 1 amide bonds. The minimum atomic E-state index is -0.282. The number of hydrogen-bond acceptors (Lipinski definition) is 3. The zero-order valence-electron chi connectivity index (χ0n) is 10.8. The minimum Gasteiger partial charge on any atom is -0.344 e. The number of halogens is 2. The van der Waals surface area contributed by atoms with Crippen molar-refractivity contribution in [3.05, 3.63) is 58.1 Å². The Bertz CT molecular complexity index is 584. The van der Waals surface area contributed by atoms with Crippen molar-refractivity contribution in [2.75, 3.05) is 0 Å². The van der Waals surface area contributed by atoms with Gasteiger partial charge in [-0.25, -0.2) is 9.97 Å². The molecular formula is C14H13Cl2N3O. The van der Waals surface area contributed by atoms with Gasteiger partial charge in [0, 0.05) is 5.02 Å². The summed E-state index contributed by atoms with van der Waals surface area (Å²) in [4.78, 5) is 19.9. The van der Waals surface area contributed by atoms with Crippen molar-refractivity contribution in [3.8, 4) is 0 Å². The fourth-order valence-electron chi connectivity index (χ4n) is 1.78. The van der Waals surface area contributed by atoms with Crippen LogP contribution >= 0.6 is 23.2 Å². The molecule has 1 aromatic heterocycles. The van der Waals surface area contributed by atoms with E-state index < -0.39 is 0 Å². The van der Waals surface area contributed by atoms with Crippen LogP contribution in [-0.2, 0) is 0 Å². The lowest BCUT2D eigenvalue weighted by Gasteiger charge is -2.17. The lowest BCUT2D eigenvalue weighted by atomic mass is 10.0. The van der Waals surface area contributed by atoms with E-state index in [2.05, 4.69) is 15.3 Å². The summed E-state index contributed by atoms with van der Waals surface area (Å²) in [6, 6.07) is 7.29. The first kappa shape index (κ1) is 14.8. The standard InChI is InChI=1S/C14H13Cl2N3O/c1-2-11(9-3-5-10(15)6-4-9)19-14(20)12-7-18-13(16)8-17-12/h3-8,11H,2H2,1H3,(H,19,20). The van der Waals surface area contributed by atoms with Crippen LogP contribution in [0.3, 0.4) is 0 Å². The number of nitrogens with zero attached hydrogens (tertiary/aromatic N) is 2. The van der Waals surface area contributed by atoms with Gasteiger partial charge in [-0.2, -0.15) is 0 Å². The predicted molar refractivity (Wildman–Crippen MR) is 79.0 cm³/mol. The Morgan fingerprint density at radius 2 is 1.90 bits per heavy atom. The van der Waals surface area contributed by atoms with E-state index in [0.29, 0.717) is 5.02 Å². The highest BCUT2D eigenvalue weighted by molar-refractivity contribution is 6.30. The minimum absolute atomic E-state index is 0.0998. The monoisotopic (exact) mass is 309 g/mol. The second-order valence-electron chi connectivity index (χ2n) is 4.21. The van der Waals surface area contributed by atoms with Gasteiger partial charge in [0.2, 0.25) is 0 Å². The van der Waals surface area contributed by atoms with E-state index >= 15 is 0 Å². The summed E-state index contributed by atoms with van der Waals surface area (Å²) >= 11 is 11.5. The highest BCUT2D eigenvalue weighted by atomic mass is 35.5. The third-order valence-electron chi connectivity index (χ3n) is 2.84. The van der Waals surface area contributed by atoms with E-state index in [9.17, 15) is 4.79 Å². The summed E-state index contributed by atoms with van der Waals surface area (Å²) in [5, 5.41) is 3.83. The molecule has 2 aromatic rings. The van der Waals surface area contributed by atoms with Crippen molar-refractivity contribution in [2.24, 2.45) is 0 Å². The SMILES string of the molecule is CCC(NC(=O)c1cnc(Cl)cn1)c1ccc(Cl)cc1. The molecule has 1 N–H and O–H groups in total. The number of hydrogen-bond donors (Lipinski definition) is 1. The fraction of sp³-hybridized carbons (Fsp3) is 0.214. The van der Waals surface area contributed by atoms with Gasteiger partial charge < -0.3 is 5.32 Å². The highest BCUT2D eigenvalue weighted by Crippen LogP contribution is 2.19. The van der Waals surface area contributed by atoms with Crippen molar-refractivity contribution in [1.82, 2.24) is 15.3 Å². The largest absolute Gasteiger partial charge is 0.344 e. The molecule has 0 aliphatic rings. The molecule has 20 heavy (non-hydrogen) atoms. The summed E-state index contributed by atoms with van der Waals surface area (Å²) in [5.74, 6) is -0.282. The van der Waals surface area contributed by atoms with Crippen molar-refractivity contribution in [3.63, 3.8) is 0 Å². The Labute approximate surface area is 127 Å². The third kappa shape index (κ3) is 3.68. The number of carbonyl (C=O) groups excluding carboxylic acids is 1. The smallest absolute Gasteiger partial charge is 0.271 e. The number of aromatic nitrogens is 2. The molecule has 1 heterocycles. The molecule has 104 valence electrons. The van der Waals surface area contributed by atoms with Crippen LogP contribution in [0.1, 0.15) is 35.4 Å². The van der Waals surface area contributed by atoms with Crippen LogP contribution < -0.4 is 5.32 Å². The van der Waals surface area contributed by atoms with Gasteiger partial charge in [-0.1, -0.05) is 42.3 Å². The van der Waals surface area contributed by atoms with Gasteiger partial charge in [0.15, 0.2) is 0 Å². The Morgan fingerprint density at radius 1 is 1.20 bits per heavy atom. The van der Waals surface area contributed by atoms with Gasteiger partial charge in [-0.15, -0.1) is 0 Å². The molecular weight excluding hydrogens is 297 g/mol. The van der Waals surface area contributed by atoms with Crippen molar-refractivity contribution >= 4 is 29.1 Å². The summed E-state index contributed by atoms with van der Waals surface area (Å²) in [5.41, 5.74) is 1.23. The average molecular weight is 310 g/mol. The van der Waals surface area contributed by atoms with Crippen LogP contribution in [0.5, 0.6) is 0 Å². The van der Waals surface area contributed by atoms with Gasteiger partial charge >= 0.3 is 0 Å². The van der Waals surface area contributed by atoms with Crippen molar-refractivity contribution in [1.29, 1.82) is 0 Å². The Hall–Kier alpha value is -1.65. The lowest BCUT2D eigenvalue weighted by Crippen LogP contribution is -2.28. The first-order valence-electron chi connectivity index (χ1n) is 6.14. The number of rotatable bonds is 4. The van der Waals surface area contributed by atoms with Crippen LogP contribution in [0.25, 0.3) is 0 Å². The van der Waals surface area contributed by atoms with Crippen LogP contribution in [-0.4, -0.2) is 15.9 Å². The Kier molecular flexibility index (Phi) is 4.93. The van der Waals surface area contributed by atoms with Gasteiger partial charge in [-0.3, -0.25) is 4.79 Å². The zero-order valence-corrected chi connectivity index (χ0v) is 12.3. The molecule has 0 fully saturated rings. The van der Waals surface area contributed by atoms with E-state index in [-0.39, 0.29) is 22.8 Å². The average Bonchev–Trinajstić information content (AvgIpc) is 2.46. The first-order chi connectivity index (χ1) is 9.60. The van der Waals surface area contributed by atoms with Crippen molar-refractivity contribution < 1.29 is 4.79 Å². The highest BCUT2D eigenvalue weighted by Gasteiger charge is 2.15. The number of amides is 1. The Balaban J connectivity index is 2.11. The molecule has 0 saturated heterocycles. The quantitative estimate of drug-likeness (QED) is 0.937. The van der Waals surface area contributed by atoms with Gasteiger partial charge in [0.05, 0.1) is 18.4 Å². The van der Waals surface area contributed by atoms with Crippen LogP contribution in [0.15, 0.2) is 36.7 Å². The van der Waals surface area contributed by atoms with E-state index in [0.717, 1.165) is 12.0 Å². The molecule has 0 aliphatic heterocycles. The van der Waals surface area contributed by atoms with E-state index in [1.54, 1.807) is 12.1 Å². The molecule has 0 radical (unpaired) electrons. The third-order valence-corrected chi connectivity index (χ3v) is 3.29. The molecule has 0 saturated carbocycles. The Morgan fingerprint density at radius 3 is 2.45 bits per heavy atom. The van der Waals surface area contributed by atoms with E-state index in [1.807, 2.05) is 19.1 Å². The van der Waals surface area contributed by atoms with Gasteiger partial charge in [0.25, 0.3) is 5.91 Å². The maximum Gasteiger partial charge on any atom is 0.271 e. The van der Waals surface area contributed by atoms with E-state index in [4.69, 9.17) is 23.2 Å². The first-order valence-corrected chi connectivity index (χ1v) is 6.89. The molecule has 1 aromatic carbocycles. The topological polar surface area (TPSA) is 54.9 Å². The van der Waals surface area contributed by atoms with Gasteiger partial charge in [-0.05, 0) is 24.1 Å². The van der Waals surface area contributed by atoms with Gasteiger partial charge in [0.1, 0.15) is 10.8 Å². The molecule has 2 rings (SSSR count). The van der Waals surface area contributed by atoms with Crippen molar-refractivity contribution in [2.45, 2.75) is 19.4 Å². The molecule has 0 aliphatic carbocycles. The summed E-state index contributed by atoms with van der Waals surface area (Å²) in [6.45, 7) is 1.99. The fourth-order valence-corrected chi connectivity index (χ4v) is 2.00. The summed E-state index contributed by atoms with van der Waals surface area (Å²) in [7, 11) is 0. The molecule has 6 heteroatoms. The second kappa shape index (κ2) is 6.68. The van der Waals surface area contributed by atoms with Crippen LogP contribution in [0.4, 0.5) is 0 Å². The predicted octanol–water partition coefficient (Wildman–Crippen LogP) is 3.66. The van der Waals surface area contributed by atoms with Crippen LogP contribution in [0, 0.1) is 0 Å². The molecule has 0 bridgehead atoms. The number of carbonyl (C=O) groups is 1. The summed E-state index contributed by atoms with van der Waals surface area (Å²) in [6.07, 6.45) is 3.46. The maximum atomic E-state index is 12.1. The second-order valence-corrected chi connectivity index (χ2v) is 5.03.